The molecule has 0 unspecified atom stereocenters. The molecule has 4 rings (SSSR count). The first-order chi connectivity index (χ1) is 13.7. The van der Waals surface area contributed by atoms with E-state index in [0.717, 1.165) is 41.3 Å². The van der Waals surface area contributed by atoms with Crippen LogP contribution in [0.5, 0.6) is 5.75 Å². The zero-order chi connectivity index (χ0) is 19.3. The minimum atomic E-state index is 0.666. The Morgan fingerprint density at radius 2 is 1.79 bits per heavy atom. The predicted octanol–water partition coefficient (Wildman–Crippen LogP) is 5.89. The Kier molecular flexibility index (Phi) is 5.29. The summed E-state index contributed by atoms with van der Waals surface area (Å²) in [6.45, 7) is 5.68. The van der Waals surface area contributed by atoms with E-state index in [0.29, 0.717) is 6.61 Å². The summed E-state index contributed by atoms with van der Waals surface area (Å²) in [5.74, 6) is 2.73. The first-order valence-electron chi connectivity index (χ1n) is 9.58. The van der Waals surface area contributed by atoms with Gasteiger partial charge >= 0.3 is 0 Å². The number of fused-ring (bicyclic) bond motifs is 1. The van der Waals surface area contributed by atoms with Crippen molar-refractivity contribution in [1.29, 1.82) is 0 Å². The van der Waals surface area contributed by atoms with Gasteiger partial charge in [0, 0.05) is 6.54 Å². The molecule has 0 atom stereocenters. The fourth-order valence-corrected chi connectivity index (χ4v) is 3.42. The van der Waals surface area contributed by atoms with E-state index in [2.05, 4.69) is 42.7 Å². The summed E-state index contributed by atoms with van der Waals surface area (Å²) in [7, 11) is 0. The molecule has 0 bridgehead atoms. The van der Waals surface area contributed by atoms with Crippen LogP contribution in [0.4, 0.5) is 0 Å². The molecule has 0 N–H and O–H groups in total. The molecule has 0 aliphatic heterocycles. The van der Waals surface area contributed by atoms with E-state index in [1.165, 1.54) is 11.1 Å². The summed E-state index contributed by atoms with van der Waals surface area (Å²) in [4.78, 5) is 4.77. The van der Waals surface area contributed by atoms with Crippen LogP contribution < -0.4 is 4.74 Å². The Morgan fingerprint density at radius 1 is 0.964 bits per heavy atom. The highest BCUT2D eigenvalue weighted by Gasteiger charge is 2.09. The number of hydrogen-bond donors (Lipinski definition) is 0. The molecule has 2 aromatic carbocycles. The first-order valence-corrected chi connectivity index (χ1v) is 9.58. The van der Waals surface area contributed by atoms with E-state index in [-0.39, 0.29) is 0 Å². The summed E-state index contributed by atoms with van der Waals surface area (Å²) < 4.78 is 13.7. The van der Waals surface area contributed by atoms with Crippen molar-refractivity contribution >= 4 is 23.2 Å². The lowest BCUT2D eigenvalue weighted by molar-refractivity contribution is 0.298. The van der Waals surface area contributed by atoms with E-state index in [4.69, 9.17) is 14.1 Å². The molecule has 142 valence electrons. The molecule has 0 aliphatic rings. The Morgan fingerprint density at radius 3 is 2.57 bits per heavy atom. The molecule has 0 fully saturated rings. The molecule has 4 heteroatoms. The highest BCUT2D eigenvalue weighted by Crippen LogP contribution is 2.23. The van der Waals surface area contributed by atoms with Gasteiger partial charge in [-0.1, -0.05) is 30.3 Å². The van der Waals surface area contributed by atoms with E-state index < -0.39 is 0 Å². The first kappa shape index (κ1) is 18.1. The van der Waals surface area contributed by atoms with Crippen molar-refractivity contribution in [3.05, 3.63) is 83.6 Å². The highest BCUT2D eigenvalue weighted by molar-refractivity contribution is 5.79. The van der Waals surface area contributed by atoms with Crippen LogP contribution in [0.3, 0.4) is 0 Å². The number of nitrogens with zero attached hydrogens (tertiary/aromatic N) is 2. The molecule has 0 saturated heterocycles. The summed E-state index contributed by atoms with van der Waals surface area (Å²) in [6, 6.07) is 18.3. The quantitative estimate of drug-likeness (QED) is 0.380. The van der Waals surface area contributed by atoms with Crippen molar-refractivity contribution in [3.63, 3.8) is 0 Å². The molecule has 0 aliphatic carbocycles. The smallest absolute Gasteiger partial charge is 0.133 e. The minimum absolute atomic E-state index is 0.666. The van der Waals surface area contributed by atoms with Crippen LogP contribution in [0, 0.1) is 13.8 Å². The van der Waals surface area contributed by atoms with Gasteiger partial charge in [0.2, 0.25) is 0 Å². The van der Waals surface area contributed by atoms with Gasteiger partial charge in [0.15, 0.2) is 0 Å². The molecule has 0 radical (unpaired) electrons. The number of aryl methyl sites for hydroxylation is 3. The van der Waals surface area contributed by atoms with Gasteiger partial charge in [0.1, 0.15) is 17.3 Å². The van der Waals surface area contributed by atoms with Crippen molar-refractivity contribution in [1.82, 2.24) is 9.55 Å². The van der Waals surface area contributed by atoms with Gasteiger partial charge in [0.05, 0.1) is 23.9 Å². The largest absolute Gasteiger partial charge is 0.493 e. The van der Waals surface area contributed by atoms with Crippen LogP contribution in [-0.4, -0.2) is 16.2 Å². The molecule has 0 saturated carbocycles. The molecule has 4 nitrogen and oxygen atoms in total. The van der Waals surface area contributed by atoms with Crippen molar-refractivity contribution in [2.75, 3.05) is 6.61 Å². The van der Waals surface area contributed by atoms with Crippen molar-refractivity contribution in [3.8, 4) is 5.75 Å². The molecule has 0 spiro atoms. The van der Waals surface area contributed by atoms with Crippen molar-refractivity contribution in [2.45, 2.75) is 26.8 Å². The molecular weight excluding hydrogens is 348 g/mol. The number of para-hydroxylation sites is 3. The fourth-order valence-electron chi connectivity index (χ4n) is 3.42. The van der Waals surface area contributed by atoms with E-state index >= 15 is 0 Å². The molecule has 0 amide bonds. The molecule has 28 heavy (non-hydrogen) atoms. The standard InChI is InChI=1S/C24H24N2O2/c1-18-8-5-9-19(2)24(18)28-17-7-15-26-22-12-4-3-11-21(22)25-23(26)14-13-20-10-6-16-27-20/h3-6,8-14,16H,7,15,17H2,1-2H3/b14-13+. The average molecular weight is 372 g/mol. The third-order valence-corrected chi connectivity index (χ3v) is 4.81. The molecule has 2 heterocycles. The number of ether oxygens (including phenoxy) is 1. The monoisotopic (exact) mass is 372 g/mol. The number of benzene rings is 2. The van der Waals surface area contributed by atoms with Gasteiger partial charge < -0.3 is 13.7 Å². The normalized spacial score (nSPS) is 11.5. The third-order valence-electron chi connectivity index (χ3n) is 4.81. The topological polar surface area (TPSA) is 40.2 Å². The summed E-state index contributed by atoms with van der Waals surface area (Å²) in [5.41, 5.74) is 4.48. The Hall–Kier alpha value is -3.27. The number of imidazole rings is 1. The summed E-state index contributed by atoms with van der Waals surface area (Å²) >= 11 is 0. The second-order valence-electron chi connectivity index (χ2n) is 6.88. The van der Waals surface area contributed by atoms with Crippen LogP contribution in [-0.2, 0) is 6.54 Å². The van der Waals surface area contributed by atoms with Crippen LogP contribution in [0.25, 0.3) is 23.2 Å². The number of hydrogen-bond acceptors (Lipinski definition) is 3. The van der Waals surface area contributed by atoms with Gasteiger partial charge in [0.25, 0.3) is 0 Å². The second kappa shape index (κ2) is 8.17. The van der Waals surface area contributed by atoms with Gasteiger partial charge in [-0.15, -0.1) is 0 Å². The minimum Gasteiger partial charge on any atom is -0.493 e. The lowest BCUT2D eigenvalue weighted by Gasteiger charge is -2.12. The number of rotatable bonds is 7. The van der Waals surface area contributed by atoms with Gasteiger partial charge in [-0.05, 0) is 67.8 Å². The highest BCUT2D eigenvalue weighted by atomic mass is 16.5. The molecule has 4 aromatic rings. The maximum Gasteiger partial charge on any atom is 0.133 e. The number of aromatic nitrogens is 2. The number of furan rings is 1. The maximum atomic E-state index is 6.07. The van der Waals surface area contributed by atoms with Crippen molar-refractivity contribution < 1.29 is 9.15 Å². The third kappa shape index (κ3) is 3.86. The summed E-state index contributed by atoms with van der Waals surface area (Å²) in [5, 5.41) is 0. The average Bonchev–Trinajstić information content (AvgIpc) is 3.33. The lowest BCUT2D eigenvalue weighted by atomic mass is 10.1. The fraction of sp³-hybridized carbons (Fsp3) is 0.208. The van der Waals surface area contributed by atoms with Gasteiger partial charge in [-0.3, -0.25) is 0 Å². The molecular formula is C24H24N2O2. The second-order valence-corrected chi connectivity index (χ2v) is 6.88. The lowest BCUT2D eigenvalue weighted by Crippen LogP contribution is -2.07. The van der Waals surface area contributed by atoms with Gasteiger partial charge in [-0.2, -0.15) is 0 Å². The zero-order valence-corrected chi connectivity index (χ0v) is 16.3. The van der Waals surface area contributed by atoms with Crippen LogP contribution >= 0.6 is 0 Å². The zero-order valence-electron chi connectivity index (χ0n) is 16.3. The molecule has 2 aromatic heterocycles. The Balaban J connectivity index is 1.50. The summed E-state index contributed by atoms with van der Waals surface area (Å²) in [6.07, 6.45) is 6.53. The van der Waals surface area contributed by atoms with E-state index in [9.17, 15) is 0 Å². The van der Waals surface area contributed by atoms with Crippen molar-refractivity contribution in [2.24, 2.45) is 0 Å². The maximum absolute atomic E-state index is 6.07. The van der Waals surface area contributed by atoms with E-state index in [1.807, 2.05) is 42.5 Å². The Bertz CT molecular complexity index is 1070. The van der Waals surface area contributed by atoms with Crippen LogP contribution in [0.2, 0.25) is 0 Å². The Labute approximate surface area is 165 Å². The van der Waals surface area contributed by atoms with Crippen LogP contribution in [0.15, 0.2) is 65.3 Å². The predicted molar refractivity (Wildman–Crippen MR) is 113 cm³/mol. The van der Waals surface area contributed by atoms with Gasteiger partial charge in [-0.25, -0.2) is 4.98 Å². The van der Waals surface area contributed by atoms with E-state index in [1.54, 1.807) is 6.26 Å². The van der Waals surface area contributed by atoms with Crippen LogP contribution in [0.1, 0.15) is 29.1 Å². The SMILES string of the molecule is Cc1cccc(C)c1OCCCn1c(/C=C/c2ccco2)nc2ccccc21.